The van der Waals surface area contributed by atoms with Gasteiger partial charge in [-0.3, -0.25) is 9.69 Å². The molecule has 1 saturated heterocycles. The lowest BCUT2D eigenvalue weighted by molar-refractivity contribution is 0.0282. The summed E-state index contributed by atoms with van der Waals surface area (Å²) < 4.78 is 21.1. The molecule has 0 N–H and O–H groups in total. The summed E-state index contributed by atoms with van der Waals surface area (Å²) in [6, 6.07) is 7.27. The SMILES string of the molecule is C[C@@H]1CCCN1c1cc2c(c(CN(C)C(=O)OC(C)(C)C)n1)CN(c1cccc(-c3nnc4n3[C@@H](CF)CC4)n1)C2=O. The minimum absolute atomic E-state index is 0.181. The van der Waals surface area contributed by atoms with E-state index in [1.807, 2.05) is 37.5 Å². The lowest BCUT2D eigenvalue weighted by Gasteiger charge is -2.26. The highest BCUT2D eigenvalue weighted by Gasteiger charge is 2.36. The Hall–Kier alpha value is -4.09. The Morgan fingerprint density at radius 2 is 1.98 bits per heavy atom. The van der Waals surface area contributed by atoms with Crippen molar-refractivity contribution in [2.75, 3.05) is 30.1 Å². The molecule has 0 spiro atoms. The molecule has 0 bridgehead atoms. The van der Waals surface area contributed by atoms with Crippen LogP contribution in [0.3, 0.4) is 0 Å². The fourth-order valence-corrected chi connectivity index (χ4v) is 6.04. The van der Waals surface area contributed by atoms with Crippen molar-refractivity contribution >= 4 is 23.6 Å². The van der Waals surface area contributed by atoms with Crippen LogP contribution in [0.1, 0.15) is 80.4 Å². The zero-order chi connectivity index (χ0) is 29.8. The first kappa shape index (κ1) is 28.0. The van der Waals surface area contributed by atoms with Crippen molar-refractivity contribution in [2.24, 2.45) is 0 Å². The number of nitrogens with zero attached hydrogens (tertiary/aromatic N) is 8. The lowest BCUT2D eigenvalue weighted by atomic mass is 10.1. The monoisotopic (exact) mass is 576 g/mol. The maximum atomic E-state index is 13.9. The van der Waals surface area contributed by atoms with Gasteiger partial charge in [0, 0.05) is 31.6 Å². The number of carbonyl (C=O) groups excluding carboxylic acids is 2. The van der Waals surface area contributed by atoms with Crippen molar-refractivity contribution in [3.8, 4) is 11.5 Å². The van der Waals surface area contributed by atoms with E-state index in [4.69, 9.17) is 14.7 Å². The molecule has 0 aliphatic carbocycles. The highest BCUT2D eigenvalue weighted by molar-refractivity contribution is 6.10. The summed E-state index contributed by atoms with van der Waals surface area (Å²) in [6.45, 7) is 8.45. The normalized spacial score (nSPS) is 19.8. The second-order valence-electron chi connectivity index (χ2n) is 12.4. The Balaban J connectivity index is 1.34. The number of halogens is 1. The van der Waals surface area contributed by atoms with Crippen LogP contribution in [0, 0.1) is 0 Å². The van der Waals surface area contributed by atoms with E-state index in [2.05, 4.69) is 22.0 Å². The predicted molar refractivity (Wildman–Crippen MR) is 155 cm³/mol. The minimum Gasteiger partial charge on any atom is -0.444 e. The van der Waals surface area contributed by atoms with Gasteiger partial charge in [-0.05, 0) is 65.2 Å². The van der Waals surface area contributed by atoms with Crippen LogP contribution in [0.2, 0.25) is 0 Å². The predicted octanol–water partition coefficient (Wildman–Crippen LogP) is 4.71. The van der Waals surface area contributed by atoms with Crippen LogP contribution < -0.4 is 9.80 Å². The summed E-state index contributed by atoms with van der Waals surface area (Å²) in [4.78, 5) is 41.9. The molecule has 0 aromatic carbocycles. The maximum absolute atomic E-state index is 13.9. The first-order valence-corrected chi connectivity index (χ1v) is 14.6. The molecule has 0 radical (unpaired) electrons. The van der Waals surface area contributed by atoms with Crippen LogP contribution in [-0.2, 0) is 24.2 Å². The van der Waals surface area contributed by atoms with E-state index in [0.29, 0.717) is 47.5 Å². The number of alkyl halides is 1. The van der Waals surface area contributed by atoms with Crippen molar-refractivity contribution in [1.29, 1.82) is 0 Å². The third kappa shape index (κ3) is 5.07. The lowest BCUT2D eigenvalue weighted by Crippen LogP contribution is -2.34. The Morgan fingerprint density at radius 1 is 1.17 bits per heavy atom. The van der Waals surface area contributed by atoms with Gasteiger partial charge in [0.1, 0.15) is 35.4 Å². The number of pyridine rings is 2. The Morgan fingerprint density at radius 3 is 2.69 bits per heavy atom. The van der Waals surface area contributed by atoms with Gasteiger partial charge in [0.25, 0.3) is 5.91 Å². The third-order valence-corrected chi connectivity index (χ3v) is 8.18. The van der Waals surface area contributed by atoms with Gasteiger partial charge in [0.05, 0.1) is 30.4 Å². The van der Waals surface area contributed by atoms with Crippen LogP contribution in [0.4, 0.5) is 20.8 Å². The summed E-state index contributed by atoms with van der Waals surface area (Å²) in [6.07, 6.45) is 3.00. The molecule has 3 aromatic rings. The first-order valence-electron chi connectivity index (χ1n) is 14.6. The molecule has 1 fully saturated rings. The number of anilines is 2. The number of ether oxygens (including phenoxy) is 1. The van der Waals surface area contributed by atoms with Gasteiger partial charge in [-0.1, -0.05) is 6.07 Å². The number of fused-ring (bicyclic) bond motifs is 2. The first-order chi connectivity index (χ1) is 20.0. The van der Waals surface area contributed by atoms with Crippen molar-refractivity contribution in [3.63, 3.8) is 0 Å². The van der Waals surface area contributed by atoms with Crippen molar-refractivity contribution in [2.45, 2.75) is 84.2 Å². The molecule has 222 valence electrons. The highest BCUT2D eigenvalue weighted by atomic mass is 19.1. The average molecular weight is 577 g/mol. The Kier molecular flexibility index (Phi) is 7.10. The zero-order valence-electron chi connectivity index (χ0n) is 24.8. The fourth-order valence-electron chi connectivity index (χ4n) is 6.04. The molecule has 0 unspecified atom stereocenters. The summed E-state index contributed by atoms with van der Waals surface area (Å²) in [5.41, 5.74) is 1.87. The largest absolute Gasteiger partial charge is 0.444 e. The zero-order valence-corrected chi connectivity index (χ0v) is 24.8. The molecule has 2 amide bonds. The van der Waals surface area contributed by atoms with E-state index in [1.54, 1.807) is 24.1 Å². The number of aryl methyl sites for hydroxylation is 1. The molecule has 6 rings (SSSR count). The molecular formula is C30H37FN8O3. The number of carbonyl (C=O) groups is 2. The van der Waals surface area contributed by atoms with Gasteiger partial charge < -0.3 is 19.1 Å². The molecule has 2 atom stereocenters. The summed E-state index contributed by atoms with van der Waals surface area (Å²) in [5, 5.41) is 8.54. The van der Waals surface area contributed by atoms with Gasteiger partial charge >= 0.3 is 6.09 Å². The number of hydrogen-bond donors (Lipinski definition) is 0. The summed E-state index contributed by atoms with van der Waals surface area (Å²) in [7, 11) is 1.68. The second kappa shape index (κ2) is 10.6. The third-order valence-electron chi connectivity index (χ3n) is 8.18. The average Bonchev–Trinajstić information content (AvgIpc) is 3.72. The Labute approximate surface area is 244 Å². The second-order valence-corrected chi connectivity index (χ2v) is 12.4. The van der Waals surface area contributed by atoms with Crippen molar-refractivity contribution in [3.05, 3.63) is 46.9 Å². The number of hydrogen-bond acceptors (Lipinski definition) is 8. The van der Waals surface area contributed by atoms with Gasteiger partial charge in [-0.25, -0.2) is 19.2 Å². The Bertz CT molecular complexity index is 1530. The summed E-state index contributed by atoms with van der Waals surface area (Å²) >= 11 is 0. The molecule has 12 heteroatoms. The molecule has 3 aromatic heterocycles. The summed E-state index contributed by atoms with van der Waals surface area (Å²) in [5.74, 6) is 2.27. The van der Waals surface area contributed by atoms with E-state index >= 15 is 0 Å². The molecule has 0 saturated carbocycles. The van der Waals surface area contributed by atoms with Crippen molar-refractivity contribution in [1.82, 2.24) is 29.6 Å². The van der Waals surface area contributed by atoms with E-state index in [-0.39, 0.29) is 25.0 Å². The molecule has 42 heavy (non-hydrogen) atoms. The smallest absolute Gasteiger partial charge is 0.410 e. The van der Waals surface area contributed by atoms with E-state index in [1.165, 1.54) is 4.90 Å². The van der Waals surface area contributed by atoms with E-state index in [9.17, 15) is 14.0 Å². The molecular weight excluding hydrogens is 539 g/mol. The molecule has 11 nitrogen and oxygen atoms in total. The molecule has 3 aliphatic heterocycles. The van der Waals surface area contributed by atoms with Gasteiger partial charge in [0.2, 0.25) is 0 Å². The van der Waals surface area contributed by atoms with Gasteiger partial charge in [-0.2, -0.15) is 0 Å². The van der Waals surface area contributed by atoms with Gasteiger partial charge in [0.15, 0.2) is 5.82 Å². The molecule has 6 heterocycles. The van der Waals surface area contributed by atoms with Crippen LogP contribution in [-0.4, -0.2) is 73.5 Å². The fraction of sp³-hybridized carbons (Fsp3) is 0.533. The number of aromatic nitrogens is 5. The number of rotatable bonds is 6. The van der Waals surface area contributed by atoms with Gasteiger partial charge in [-0.15, -0.1) is 10.2 Å². The van der Waals surface area contributed by atoms with E-state index in [0.717, 1.165) is 36.6 Å². The quantitative estimate of drug-likeness (QED) is 0.415. The van der Waals surface area contributed by atoms with Crippen LogP contribution in [0.15, 0.2) is 24.3 Å². The van der Waals surface area contributed by atoms with Crippen LogP contribution >= 0.6 is 0 Å². The van der Waals surface area contributed by atoms with Crippen LogP contribution in [0.5, 0.6) is 0 Å². The van der Waals surface area contributed by atoms with Crippen molar-refractivity contribution < 1.29 is 18.7 Å². The number of amides is 2. The van der Waals surface area contributed by atoms with E-state index < -0.39 is 18.4 Å². The maximum Gasteiger partial charge on any atom is 0.410 e. The highest BCUT2D eigenvalue weighted by Crippen LogP contribution is 2.36. The minimum atomic E-state index is -0.633. The topological polar surface area (TPSA) is 110 Å². The standard InChI is InChI=1S/C30H37FN8O3/c1-18-8-7-13-37(18)26-14-20-21(23(33-26)17-36(5)29(41)42-30(2,3)4)16-38(28(20)40)24-10-6-9-22(32-24)27-35-34-25-12-11-19(15-31)39(25)27/h6,9-10,14,18-19H,7-8,11-13,15-17H2,1-5H3/t18-,19-/m1/s1. The van der Waals surface area contributed by atoms with Crippen LogP contribution in [0.25, 0.3) is 11.5 Å². The molecule has 3 aliphatic rings.